The number of nitrogens with two attached hydrogens (primary N) is 1. The standard InChI is InChI=1S/C26H26ClN7O/c27-20-5-2-1-4-19(20)26(6-3-7-26)31-24(35)33-10-8-25(16-33)9-11-34-22(25)13-21(32-34)18-12-17(14-28)23(29)30-15-18/h1-2,4-5,12-13,15H,3,6-11,16H2,(H2,29,30)(H,31,35). The quantitative estimate of drug-likeness (QED) is 0.575. The second-order valence-electron chi connectivity index (χ2n) is 9.95. The number of nitrogens with zero attached hydrogens (tertiary/aromatic N) is 5. The summed E-state index contributed by atoms with van der Waals surface area (Å²) < 4.78 is 2.04. The van der Waals surface area contributed by atoms with E-state index in [9.17, 15) is 10.1 Å². The Morgan fingerprint density at radius 1 is 1.17 bits per heavy atom. The molecule has 1 unspecified atom stereocenters. The van der Waals surface area contributed by atoms with Gasteiger partial charge in [-0.25, -0.2) is 9.78 Å². The zero-order valence-corrected chi connectivity index (χ0v) is 20.1. The maximum absolute atomic E-state index is 13.4. The third kappa shape index (κ3) is 3.45. The highest BCUT2D eigenvalue weighted by atomic mass is 35.5. The first-order valence-electron chi connectivity index (χ1n) is 12.0. The van der Waals surface area contributed by atoms with Crippen LogP contribution in [0.25, 0.3) is 11.3 Å². The van der Waals surface area contributed by atoms with Crippen LogP contribution in [0.15, 0.2) is 42.6 Å². The number of nitrogen functional groups attached to an aromatic ring is 1. The number of amides is 2. The normalized spacial score (nSPS) is 22.0. The van der Waals surface area contributed by atoms with Crippen LogP contribution in [-0.2, 0) is 17.5 Å². The minimum Gasteiger partial charge on any atom is -0.383 e. The number of rotatable bonds is 3. The number of hydrogen-bond acceptors (Lipinski definition) is 5. The lowest BCUT2D eigenvalue weighted by atomic mass is 9.72. The van der Waals surface area contributed by atoms with Crippen molar-refractivity contribution >= 4 is 23.4 Å². The van der Waals surface area contributed by atoms with Gasteiger partial charge in [0.2, 0.25) is 0 Å². The lowest BCUT2D eigenvalue weighted by Crippen LogP contribution is -2.55. The van der Waals surface area contributed by atoms with E-state index in [4.69, 9.17) is 22.4 Å². The Morgan fingerprint density at radius 3 is 2.71 bits per heavy atom. The predicted octanol–water partition coefficient (Wildman–Crippen LogP) is 4.19. The first kappa shape index (κ1) is 21.9. The van der Waals surface area contributed by atoms with Crippen molar-refractivity contribution < 1.29 is 4.79 Å². The van der Waals surface area contributed by atoms with Gasteiger partial charge in [0.25, 0.3) is 0 Å². The maximum Gasteiger partial charge on any atom is 0.318 e. The number of fused-ring (bicyclic) bond motifs is 2. The molecule has 3 aliphatic rings. The molecule has 3 aromatic rings. The third-order valence-electron chi connectivity index (χ3n) is 8.04. The third-order valence-corrected chi connectivity index (χ3v) is 8.37. The number of aromatic nitrogens is 3. The molecule has 0 bridgehead atoms. The summed E-state index contributed by atoms with van der Waals surface area (Å²) in [5, 5.41) is 18.1. The van der Waals surface area contributed by atoms with Gasteiger partial charge in [-0.2, -0.15) is 10.4 Å². The molecule has 1 atom stereocenters. The van der Waals surface area contributed by atoms with Gasteiger partial charge in [0, 0.05) is 47.5 Å². The van der Waals surface area contributed by atoms with Gasteiger partial charge >= 0.3 is 6.03 Å². The van der Waals surface area contributed by atoms with Crippen molar-refractivity contribution in [3.63, 3.8) is 0 Å². The van der Waals surface area contributed by atoms with E-state index in [-0.39, 0.29) is 22.8 Å². The van der Waals surface area contributed by atoms with Crippen LogP contribution < -0.4 is 11.1 Å². The number of carbonyl (C=O) groups excluding carboxylic acids is 1. The van der Waals surface area contributed by atoms with E-state index in [1.807, 2.05) is 33.8 Å². The molecule has 2 aromatic heterocycles. The first-order valence-corrected chi connectivity index (χ1v) is 12.4. The molecule has 1 saturated heterocycles. The number of aryl methyl sites for hydroxylation is 1. The van der Waals surface area contributed by atoms with Gasteiger partial charge in [0.1, 0.15) is 11.9 Å². The van der Waals surface area contributed by atoms with Crippen LogP contribution >= 0.6 is 11.6 Å². The van der Waals surface area contributed by atoms with Gasteiger partial charge in [-0.1, -0.05) is 29.8 Å². The Bertz CT molecular complexity index is 1370. The highest BCUT2D eigenvalue weighted by molar-refractivity contribution is 6.31. The van der Waals surface area contributed by atoms with E-state index < -0.39 is 0 Å². The summed E-state index contributed by atoms with van der Waals surface area (Å²) in [5.41, 5.74) is 9.33. The van der Waals surface area contributed by atoms with Gasteiger partial charge in [0.05, 0.1) is 16.8 Å². The molecular formula is C26H26ClN7O. The van der Waals surface area contributed by atoms with Crippen LogP contribution in [0.5, 0.6) is 0 Å². The number of nitrogens with one attached hydrogen (secondary N) is 1. The molecule has 178 valence electrons. The monoisotopic (exact) mass is 487 g/mol. The fourth-order valence-corrected chi connectivity index (χ4v) is 6.21. The Hall–Kier alpha value is -3.57. The van der Waals surface area contributed by atoms with Crippen LogP contribution in [-0.4, -0.2) is 38.8 Å². The van der Waals surface area contributed by atoms with Gasteiger partial charge in [-0.05, 0) is 55.9 Å². The van der Waals surface area contributed by atoms with E-state index in [0.29, 0.717) is 23.7 Å². The van der Waals surface area contributed by atoms with E-state index >= 15 is 0 Å². The molecule has 2 amide bonds. The molecule has 2 fully saturated rings. The molecule has 2 aliphatic heterocycles. The number of pyridine rings is 1. The molecule has 3 N–H and O–H groups in total. The average Bonchev–Trinajstić information content (AvgIpc) is 3.54. The molecule has 1 aromatic carbocycles. The van der Waals surface area contributed by atoms with Crippen LogP contribution in [0.3, 0.4) is 0 Å². The predicted molar refractivity (Wildman–Crippen MR) is 133 cm³/mol. The van der Waals surface area contributed by atoms with Gasteiger partial charge in [0.15, 0.2) is 0 Å². The molecule has 1 spiro atoms. The van der Waals surface area contributed by atoms with Crippen LogP contribution in [0, 0.1) is 11.3 Å². The Kier molecular flexibility index (Phi) is 5.01. The van der Waals surface area contributed by atoms with E-state index in [1.54, 1.807) is 12.3 Å². The lowest BCUT2D eigenvalue weighted by molar-refractivity contribution is 0.154. The number of urea groups is 1. The van der Waals surface area contributed by atoms with E-state index in [1.165, 1.54) is 0 Å². The highest BCUT2D eigenvalue weighted by Crippen LogP contribution is 2.46. The average molecular weight is 488 g/mol. The Balaban J connectivity index is 1.22. The number of hydrogen-bond donors (Lipinski definition) is 2. The Labute approximate surface area is 208 Å². The summed E-state index contributed by atoms with van der Waals surface area (Å²) in [6, 6.07) is 13.7. The molecule has 9 heteroatoms. The van der Waals surface area contributed by atoms with E-state index in [0.717, 1.165) is 61.2 Å². The number of anilines is 1. The molecule has 1 aliphatic carbocycles. The number of benzene rings is 1. The van der Waals surface area contributed by atoms with Crippen molar-refractivity contribution in [3.8, 4) is 17.3 Å². The molecule has 35 heavy (non-hydrogen) atoms. The second kappa shape index (κ2) is 7.99. The van der Waals surface area contributed by atoms with Crippen molar-refractivity contribution in [2.45, 2.75) is 49.6 Å². The zero-order valence-electron chi connectivity index (χ0n) is 19.3. The SMILES string of the molecule is N#Cc1cc(-c2cc3n(n2)CCC32CCN(C(=O)NC3(c4ccccc4Cl)CCC3)C2)cnc1N. The maximum atomic E-state index is 13.4. The molecule has 1 saturated carbocycles. The van der Waals surface area contributed by atoms with Gasteiger partial charge in [-0.15, -0.1) is 0 Å². The zero-order chi connectivity index (χ0) is 24.2. The first-order chi connectivity index (χ1) is 16.9. The summed E-state index contributed by atoms with van der Waals surface area (Å²) in [6.45, 7) is 2.17. The topological polar surface area (TPSA) is 113 Å². The van der Waals surface area contributed by atoms with E-state index in [2.05, 4.69) is 22.4 Å². The van der Waals surface area contributed by atoms with Gasteiger partial charge < -0.3 is 16.0 Å². The largest absolute Gasteiger partial charge is 0.383 e. The summed E-state index contributed by atoms with van der Waals surface area (Å²) in [6.07, 6.45) is 6.38. The summed E-state index contributed by atoms with van der Waals surface area (Å²) in [7, 11) is 0. The highest BCUT2D eigenvalue weighted by Gasteiger charge is 2.49. The van der Waals surface area contributed by atoms with Gasteiger partial charge in [-0.3, -0.25) is 4.68 Å². The fraction of sp³-hybridized carbons (Fsp3) is 0.385. The lowest BCUT2D eigenvalue weighted by Gasteiger charge is -2.44. The number of carbonyl (C=O) groups is 1. The van der Waals surface area contributed by atoms with Crippen molar-refractivity contribution in [2.75, 3.05) is 18.8 Å². The number of likely N-dealkylation sites (tertiary alicyclic amines) is 1. The van der Waals surface area contributed by atoms with Crippen molar-refractivity contribution in [1.29, 1.82) is 5.26 Å². The summed E-state index contributed by atoms with van der Waals surface area (Å²) in [5.74, 6) is 0.220. The van der Waals surface area contributed by atoms with Crippen molar-refractivity contribution in [1.82, 2.24) is 25.0 Å². The minimum atomic E-state index is -0.379. The fourth-order valence-electron chi connectivity index (χ4n) is 5.89. The number of nitriles is 1. The summed E-state index contributed by atoms with van der Waals surface area (Å²) >= 11 is 6.50. The van der Waals surface area contributed by atoms with Crippen LogP contribution in [0.4, 0.5) is 10.6 Å². The van der Waals surface area contributed by atoms with Crippen LogP contribution in [0.1, 0.15) is 48.9 Å². The Morgan fingerprint density at radius 2 is 1.97 bits per heavy atom. The second-order valence-corrected chi connectivity index (χ2v) is 10.4. The van der Waals surface area contributed by atoms with Crippen molar-refractivity contribution in [2.24, 2.45) is 0 Å². The molecule has 0 radical (unpaired) electrons. The number of halogens is 1. The van der Waals surface area contributed by atoms with Crippen molar-refractivity contribution in [3.05, 3.63) is 64.4 Å². The minimum absolute atomic E-state index is 0.0268. The van der Waals surface area contributed by atoms with Crippen LogP contribution in [0.2, 0.25) is 5.02 Å². The molecular weight excluding hydrogens is 462 g/mol. The smallest absolute Gasteiger partial charge is 0.318 e. The molecule has 4 heterocycles. The molecule has 8 nitrogen and oxygen atoms in total. The molecule has 6 rings (SSSR count). The summed E-state index contributed by atoms with van der Waals surface area (Å²) in [4.78, 5) is 19.5.